The van der Waals surface area contributed by atoms with Gasteiger partial charge in [0, 0.05) is 31.3 Å². The highest BCUT2D eigenvalue weighted by Gasteiger charge is 2.47. The molecule has 1 amide bonds. The number of likely N-dealkylation sites (tertiary alicyclic amines) is 1. The Balaban J connectivity index is 1.40. The average molecular weight is 519 g/mol. The summed E-state index contributed by atoms with van der Waals surface area (Å²) in [4.78, 5) is 18.8. The zero-order valence-corrected chi connectivity index (χ0v) is 22.3. The first-order valence-electron chi connectivity index (χ1n) is 14.1. The van der Waals surface area contributed by atoms with Gasteiger partial charge in [-0.2, -0.15) is 4.57 Å². The first kappa shape index (κ1) is 25.3. The van der Waals surface area contributed by atoms with Crippen molar-refractivity contribution in [2.24, 2.45) is 0 Å². The third-order valence-electron chi connectivity index (χ3n) is 8.30. The van der Waals surface area contributed by atoms with Crippen LogP contribution in [0, 0.1) is 0 Å². The van der Waals surface area contributed by atoms with Crippen molar-refractivity contribution in [3.63, 3.8) is 0 Å². The second-order valence-corrected chi connectivity index (χ2v) is 10.8. The fourth-order valence-corrected chi connectivity index (χ4v) is 6.36. The molecule has 39 heavy (non-hydrogen) atoms. The topological polar surface area (TPSA) is 47.7 Å². The van der Waals surface area contributed by atoms with E-state index in [4.69, 9.17) is 0 Å². The minimum Gasteiger partial charge on any atom is -0.378 e. The van der Waals surface area contributed by atoms with Crippen molar-refractivity contribution in [2.75, 3.05) is 24.5 Å². The number of carbonyl (C=O) groups is 1. The Hall–Kier alpha value is -3.96. The number of aromatic nitrogens is 1. The van der Waals surface area contributed by atoms with E-state index in [2.05, 4.69) is 33.9 Å². The van der Waals surface area contributed by atoms with Crippen molar-refractivity contribution in [2.45, 2.75) is 43.9 Å². The lowest BCUT2D eigenvalue weighted by molar-refractivity contribution is -0.688. The van der Waals surface area contributed by atoms with E-state index in [1.54, 1.807) is 0 Å². The molecular weight excluding hydrogens is 482 g/mol. The highest BCUT2D eigenvalue weighted by atomic mass is 16.3. The first-order valence-corrected chi connectivity index (χ1v) is 14.1. The second kappa shape index (κ2) is 11.0. The number of nitrogens with zero attached hydrogens (tertiary/aromatic N) is 3. The van der Waals surface area contributed by atoms with Crippen molar-refractivity contribution < 1.29 is 14.5 Å². The second-order valence-electron chi connectivity index (χ2n) is 10.8. The number of aliphatic hydroxyl groups is 1. The fourth-order valence-electron chi connectivity index (χ4n) is 6.36. The van der Waals surface area contributed by atoms with E-state index in [0.29, 0.717) is 18.7 Å². The van der Waals surface area contributed by atoms with E-state index >= 15 is 0 Å². The fraction of sp³-hybridized carbons (Fsp3) is 0.294. The summed E-state index contributed by atoms with van der Waals surface area (Å²) >= 11 is 0. The van der Waals surface area contributed by atoms with Crippen LogP contribution in [0.4, 0.5) is 5.69 Å². The van der Waals surface area contributed by atoms with Gasteiger partial charge in [0.15, 0.2) is 18.9 Å². The summed E-state index contributed by atoms with van der Waals surface area (Å²) in [6, 6.07) is 31.7. The number of anilines is 1. The predicted octanol–water partition coefficient (Wildman–Crippen LogP) is 5.16. The molecule has 198 valence electrons. The smallest absolute Gasteiger partial charge is 0.262 e. The van der Waals surface area contributed by atoms with E-state index in [1.807, 2.05) is 90.0 Å². The van der Waals surface area contributed by atoms with Crippen LogP contribution in [0.25, 0.3) is 0 Å². The van der Waals surface area contributed by atoms with Crippen LogP contribution in [0.1, 0.15) is 52.7 Å². The zero-order chi connectivity index (χ0) is 26.7. The SMILES string of the molecule is O=C(c1c[n+](Cc2ccccc2)ccc1N1CCCC1)N1CCC[C@H]1C(O)(c1ccccc1)c1ccccc1. The van der Waals surface area contributed by atoms with Gasteiger partial charge in [-0.15, -0.1) is 0 Å². The Morgan fingerprint density at radius 2 is 1.38 bits per heavy atom. The van der Waals surface area contributed by atoms with Gasteiger partial charge >= 0.3 is 0 Å². The molecule has 0 bridgehead atoms. The van der Waals surface area contributed by atoms with Gasteiger partial charge < -0.3 is 14.9 Å². The van der Waals surface area contributed by atoms with Crippen LogP contribution in [-0.4, -0.2) is 41.6 Å². The van der Waals surface area contributed by atoms with Gasteiger partial charge in [-0.25, -0.2) is 0 Å². The maximum absolute atomic E-state index is 14.5. The Labute approximate surface area is 231 Å². The highest BCUT2D eigenvalue weighted by molar-refractivity contribution is 5.99. The molecule has 0 unspecified atom stereocenters. The number of carbonyl (C=O) groups excluding carboxylic acids is 1. The third kappa shape index (κ3) is 4.95. The van der Waals surface area contributed by atoms with E-state index in [1.165, 1.54) is 5.56 Å². The molecule has 1 aromatic heterocycles. The first-order chi connectivity index (χ1) is 19.1. The normalized spacial score (nSPS) is 17.5. The molecule has 2 fully saturated rings. The summed E-state index contributed by atoms with van der Waals surface area (Å²) in [7, 11) is 0. The number of hydrogen-bond donors (Lipinski definition) is 1. The Kier molecular flexibility index (Phi) is 7.16. The summed E-state index contributed by atoms with van der Waals surface area (Å²) in [5.74, 6) is -0.00732. The maximum Gasteiger partial charge on any atom is 0.262 e. The van der Waals surface area contributed by atoms with Crippen molar-refractivity contribution >= 4 is 11.6 Å². The summed E-state index contributed by atoms with van der Waals surface area (Å²) in [6.45, 7) is 3.25. The largest absolute Gasteiger partial charge is 0.378 e. The van der Waals surface area contributed by atoms with Crippen LogP contribution in [0.3, 0.4) is 0 Å². The Morgan fingerprint density at radius 3 is 2.00 bits per heavy atom. The number of benzene rings is 3. The molecule has 0 aliphatic carbocycles. The third-order valence-corrected chi connectivity index (χ3v) is 8.30. The molecule has 2 saturated heterocycles. The van der Waals surface area contributed by atoms with Gasteiger partial charge in [-0.1, -0.05) is 91.0 Å². The van der Waals surface area contributed by atoms with Crippen molar-refractivity contribution in [3.8, 4) is 0 Å². The van der Waals surface area contributed by atoms with Crippen LogP contribution in [0.2, 0.25) is 0 Å². The molecule has 5 heteroatoms. The number of amides is 1. The number of hydrogen-bond acceptors (Lipinski definition) is 3. The highest BCUT2D eigenvalue weighted by Crippen LogP contribution is 2.41. The van der Waals surface area contributed by atoms with Crippen molar-refractivity contribution in [1.82, 2.24) is 4.90 Å². The van der Waals surface area contributed by atoms with Gasteiger partial charge in [0.2, 0.25) is 0 Å². The van der Waals surface area contributed by atoms with Gasteiger partial charge in [0.05, 0.1) is 11.7 Å². The molecule has 2 aliphatic rings. The quantitative estimate of drug-likeness (QED) is 0.344. The van der Waals surface area contributed by atoms with E-state index in [9.17, 15) is 9.90 Å². The molecule has 3 heterocycles. The van der Waals surface area contributed by atoms with Gasteiger partial charge in [-0.05, 0) is 36.8 Å². The molecule has 2 aliphatic heterocycles. The maximum atomic E-state index is 14.5. The van der Waals surface area contributed by atoms with Gasteiger partial charge in [-0.3, -0.25) is 4.79 Å². The zero-order valence-electron chi connectivity index (χ0n) is 22.3. The van der Waals surface area contributed by atoms with Crippen LogP contribution in [0.5, 0.6) is 0 Å². The average Bonchev–Trinajstić information content (AvgIpc) is 3.71. The van der Waals surface area contributed by atoms with Crippen molar-refractivity contribution in [1.29, 1.82) is 0 Å². The molecule has 0 saturated carbocycles. The molecule has 4 aromatic rings. The lowest BCUT2D eigenvalue weighted by Gasteiger charge is -2.40. The van der Waals surface area contributed by atoms with Crippen LogP contribution in [0.15, 0.2) is 109 Å². The molecule has 3 aromatic carbocycles. The molecular formula is C34H36N3O2+. The Morgan fingerprint density at radius 1 is 0.795 bits per heavy atom. The number of pyridine rings is 1. The summed E-state index contributed by atoms with van der Waals surface area (Å²) in [5, 5.41) is 12.5. The van der Waals surface area contributed by atoms with Crippen molar-refractivity contribution in [3.05, 3.63) is 132 Å². The van der Waals surface area contributed by atoms with Crippen LogP contribution < -0.4 is 9.47 Å². The summed E-state index contributed by atoms with van der Waals surface area (Å²) in [5.41, 5.74) is 3.22. The summed E-state index contributed by atoms with van der Waals surface area (Å²) in [6.07, 6.45) is 7.98. The molecule has 5 nitrogen and oxygen atoms in total. The standard InChI is InChI=1S/C34H36N3O2/c38-33(30-26-35(25-27-13-4-1-5-14-27)24-20-31(30)36-21-10-11-22-36)37-23-12-19-32(37)34(39,28-15-6-2-7-16-28)29-17-8-3-9-18-29/h1-9,13-18,20,24,26,32,39H,10-12,19,21-23,25H2/q+1/t32-/m0/s1. The van der Waals surface area contributed by atoms with Crippen LogP contribution in [-0.2, 0) is 12.1 Å². The molecule has 0 spiro atoms. The number of rotatable bonds is 7. The lowest BCUT2D eigenvalue weighted by atomic mass is 9.79. The Bertz CT molecular complexity index is 1360. The molecule has 1 N–H and O–H groups in total. The van der Waals surface area contributed by atoms with E-state index < -0.39 is 5.60 Å². The molecule has 1 atom stereocenters. The molecule has 0 radical (unpaired) electrons. The van der Waals surface area contributed by atoms with Crippen LogP contribution >= 0.6 is 0 Å². The lowest BCUT2D eigenvalue weighted by Crippen LogP contribution is -2.51. The van der Waals surface area contributed by atoms with Gasteiger partial charge in [0.1, 0.15) is 11.2 Å². The van der Waals surface area contributed by atoms with Gasteiger partial charge in [0.25, 0.3) is 5.91 Å². The minimum atomic E-state index is -1.31. The predicted molar refractivity (Wildman–Crippen MR) is 154 cm³/mol. The minimum absolute atomic E-state index is 0.00732. The van der Waals surface area contributed by atoms with E-state index in [0.717, 1.165) is 55.6 Å². The molecule has 6 rings (SSSR count). The van der Waals surface area contributed by atoms with E-state index in [-0.39, 0.29) is 11.9 Å². The monoisotopic (exact) mass is 518 g/mol. The summed E-state index contributed by atoms with van der Waals surface area (Å²) < 4.78 is 2.10.